The Balaban J connectivity index is 1.85. The lowest BCUT2D eigenvalue weighted by Gasteiger charge is -2.15. The van der Waals surface area contributed by atoms with Crippen LogP contribution in [0.2, 0.25) is 0 Å². The second-order valence-corrected chi connectivity index (χ2v) is 3.33. The Kier molecular flexibility index (Phi) is 2.16. The van der Waals surface area contributed by atoms with Crippen molar-refractivity contribution in [2.75, 3.05) is 19.7 Å². The average Bonchev–Trinajstić information content (AvgIpc) is 2.55. The first-order chi connectivity index (χ1) is 5.36. The first kappa shape index (κ1) is 7.59. The van der Waals surface area contributed by atoms with Crippen molar-refractivity contribution in [2.24, 2.45) is 0 Å². The minimum atomic E-state index is -0.0347. The Morgan fingerprint density at radius 3 is 2.64 bits per heavy atom. The molecular weight excluding hydrogens is 141 g/mol. The van der Waals surface area contributed by atoms with Crippen molar-refractivity contribution in [3.63, 3.8) is 0 Å². The van der Waals surface area contributed by atoms with Crippen LogP contribution in [-0.2, 0) is 9.31 Å². The molecule has 2 aliphatic heterocycles. The molecule has 4 heteroatoms. The third kappa shape index (κ3) is 1.58. The monoisotopic (exact) mass is 155 g/mol. The van der Waals surface area contributed by atoms with Crippen molar-refractivity contribution >= 4 is 7.25 Å². The van der Waals surface area contributed by atoms with Crippen LogP contribution >= 0.6 is 0 Å². The summed E-state index contributed by atoms with van der Waals surface area (Å²) in [7, 11) is -0.0347. The van der Waals surface area contributed by atoms with Crippen LogP contribution in [0.1, 0.15) is 19.8 Å². The van der Waals surface area contributed by atoms with Crippen LogP contribution in [0.5, 0.6) is 0 Å². The second kappa shape index (κ2) is 3.13. The van der Waals surface area contributed by atoms with Gasteiger partial charge in [-0.3, -0.25) is 4.81 Å². The molecule has 2 fully saturated rings. The van der Waals surface area contributed by atoms with Gasteiger partial charge in [-0.25, -0.2) is 0 Å². The van der Waals surface area contributed by atoms with E-state index in [0.29, 0.717) is 0 Å². The summed E-state index contributed by atoms with van der Waals surface area (Å²) in [6.45, 7) is 5.08. The second-order valence-electron chi connectivity index (χ2n) is 3.33. The fourth-order valence-electron chi connectivity index (χ4n) is 1.64. The fourth-order valence-corrected chi connectivity index (χ4v) is 1.64. The highest BCUT2D eigenvalue weighted by molar-refractivity contribution is 6.41. The van der Waals surface area contributed by atoms with Gasteiger partial charge >= 0.3 is 7.25 Å². The average molecular weight is 155 g/mol. The third-order valence-corrected chi connectivity index (χ3v) is 2.26. The minimum Gasteiger partial charge on any atom is -0.394 e. The molecule has 1 unspecified atom stereocenters. The van der Waals surface area contributed by atoms with Crippen molar-refractivity contribution in [3.05, 3.63) is 0 Å². The summed E-state index contributed by atoms with van der Waals surface area (Å²) < 4.78 is 11.0. The molecule has 0 N–H and O–H groups in total. The Bertz CT molecular complexity index is 138. The van der Waals surface area contributed by atoms with Gasteiger partial charge < -0.3 is 9.31 Å². The summed E-state index contributed by atoms with van der Waals surface area (Å²) in [4.78, 5) is 2.27. The van der Waals surface area contributed by atoms with Crippen molar-refractivity contribution in [1.29, 1.82) is 0 Å². The van der Waals surface area contributed by atoms with Gasteiger partial charge in [-0.2, -0.15) is 0 Å². The predicted molar refractivity (Wildman–Crippen MR) is 43.1 cm³/mol. The van der Waals surface area contributed by atoms with Crippen LogP contribution in [0.3, 0.4) is 0 Å². The standard InChI is InChI=1S/C7H14BNO2/c1-7-6-10-8(11-7)9-4-2-3-5-9/h7H,2-6H2,1H3. The molecule has 0 aromatic rings. The first-order valence-electron chi connectivity index (χ1n) is 4.37. The maximum atomic E-state index is 5.55. The molecule has 62 valence electrons. The molecule has 0 aromatic heterocycles. The van der Waals surface area contributed by atoms with Crippen LogP contribution in [0, 0.1) is 0 Å². The lowest BCUT2D eigenvalue weighted by atomic mass is 10.1. The van der Waals surface area contributed by atoms with Crippen LogP contribution in [0.25, 0.3) is 0 Å². The lowest BCUT2D eigenvalue weighted by molar-refractivity contribution is 0.237. The third-order valence-electron chi connectivity index (χ3n) is 2.26. The summed E-state index contributed by atoms with van der Waals surface area (Å²) >= 11 is 0. The van der Waals surface area contributed by atoms with Gasteiger partial charge in [-0.1, -0.05) is 0 Å². The Morgan fingerprint density at radius 1 is 1.36 bits per heavy atom. The summed E-state index contributed by atoms with van der Waals surface area (Å²) in [5, 5.41) is 0. The fraction of sp³-hybridized carbons (Fsp3) is 1.00. The molecule has 2 aliphatic rings. The SMILES string of the molecule is CC1COB(N2CCCC2)O1. The zero-order valence-electron chi connectivity index (χ0n) is 6.95. The number of hydrogen-bond acceptors (Lipinski definition) is 3. The summed E-state index contributed by atoms with van der Waals surface area (Å²) in [6, 6.07) is 0. The molecule has 0 aliphatic carbocycles. The molecule has 2 rings (SSSR count). The molecule has 0 spiro atoms. The van der Waals surface area contributed by atoms with Gasteiger partial charge in [0.25, 0.3) is 0 Å². The topological polar surface area (TPSA) is 21.7 Å². The van der Waals surface area contributed by atoms with Gasteiger partial charge in [0, 0.05) is 0 Å². The number of hydrogen-bond donors (Lipinski definition) is 0. The van der Waals surface area contributed by atoms with Gasteiger partial charge in [0.15, 0.2) is 0 Å². The molecule has 0 saturated carbocycles. The Morgan fingerprint density at radius 2 is 2.09 bits per heavy atom. The first-order valence-corrected chi connectivity index (χ1v) is 4.37. The van der Waals surface area contributed by atoms with Gasteiger partial charge in [-0.15, -0.1) is 0 Å². The smallest absolute Gasteiger partial charge is 0.394 e. The number of nitrogens with zero attached hydrogens (tertiary/aromatic N) is 1. The van der Waals surface area contributed by atoms with Crippen molar-refractivity contribution < 1.29 is 9.31 Å². The van der Waals surface area contributed by atoms with Crippen molar-refractivity contribution in [2.45, 2.75) is 25.9 Å². The quantitative estimate of drug-likeness (QED) is 0.514. The highest BCUT2D eigenvalue weighted by Gasteiger charge is 2.36. The Labute approximate surface area is 67.8 Å². The zero-order valence-corrected chi connectivity index (χ0v) is 6.95. The van der Waals surface area contributed by atoms with Crippen LogP contribution < -0.4 is 0 Å². The van der Waals surface area contributed by atoms with E-state index < -0.39 is 0 Å². The summed E-state index contributed by atoms with van der Waals surface area (Å²) in [5.41, 5.74) is 0. The van der Waals surface area contributed by atoms with Gasteiger partial charge in [0.1, 0.15) is 0 Å². The van der Waals surface area contributed by atoms with E-state index in [1.54, 1.807) is 0 Å². The molecule has 0 amide bonds. The summed E-state index contributed by atoms with van der Waals surface area (Å²) in [5.74, 6) is 0. The van der Waals surface area contributed by atoms with E-state index in [4.69, 9.17) is 9.31 Å². The highest BCUT2D eigenvalue weighted by Crippen LogP contribution is 2.16. The molecule has 3 nitrogen and oxygen atoms in total. The molecule has 0 bridgehead atoms. The van der Waals surface area contributed by atoms with Gasteiger partial charge in [-0.05, 0) is 32.9 Å². The van der Waals surface area contributed by atoms with E-state index in [0.717, 1.165) is 19.7 Å². The molecule has 11 heavy (non-hydrogen) atoms. The van der Waals surface area contributed by atoms with Gasteiger partial charge in [0.05, 0.1) is 12.7 Å². The van der Waals surface area contributed by atoms with E-state index in [9.17, 15) is 0 Å². The highest BCUT2D eigenvalue weighted by atomic mass is 16.7. The van der Waals surface area contributed by atoms with Crippen LogP contribution in [0.4, 0.5) is 0 Å². The van der Waals surface area contributed by atoms with E-state index in [2.05, 4.69) is 11.7 Å². The molecule has 2 saturated heterocycles. The van der Waals surface area contributed by atoms with Gasteiger partial charge in [0.2, 0.25) is 0 Å². The van der Waals surface area contributed by atoms with Crippen molar-refractivity contribution in [3.8, 4) is 0 Å². The minimum absolute atomic E-state index is 0.0347. The van der Waals surface area contributed by atoms with Crippen LogP contribution in [0.15, 0.2) is 0 Å². The maximum absolute atomic E-state index is 5.55. The predicted octanol–water partition coefficient (Wildman–Crippen LogP) is 0.502. The van der Waals surface area contributed by atoms with Crippen LogP contribution in [-0.4, -0.2) is 37.9 Å². The normalized spacial score (nSPS) is 33.5. The molecule has 0 radical (unpaired) electrons. The zero-order chi connectivity index (χ0) is 7.68. The lowest BCUT2D eigenvalue weighted by Crippen LogP contribution is -2.38. The molecule has 2 heterocycles. The van der Waals surface area contributed by atoms with E-state index in [-0.39, 0.29) is 13.4 Å². The van der Waals surface area contributed by atoms with E-state index in [1.807, 2.05) is 0 Å². The Hall–Kier alpha value is -0.0551. The molecule has 0 aromatic carbocycles. The molecular formula is C7H14BNO2. The van der Waals surface area contributed by atoms with E-state index >= 15 is 0 Å². The summed E-state index contributed by atoms with van der Waals surface area (Å²) in [6.07, 6.45) is 2.86. The largest absolute Gasteiger partial charge is 0.557 e. The molecule has 1 atom stereocenters. The van der Waals surface area contributed by atoms with Crippen molar-refractivity contribution in [1.82, 2.24) is 4.81 Å². The number of rotatable bonds is 1. The maximum Gasteiger partial charge on any atom is 0.557 e. The van der Waals surface area contributed by atoms with E-state index in [1.165, 1.54) is 12.8 Å².